The van der Waals surface area contributed by atoms with Gasteiger partial charge < -0.3 is 17.0 Å². The number of hydrogen-bond donors (Lipinski definition) is 0. The molecule has 0 aliphatic carbocycles. The van der Waals surface area contributed by atoms with E-state index < -0.39 is 8.07 Å². The first kappa shape index (κ1) is 19.7. The van der Waals surface area contributed by atoms with E-state index in [0.29, 0.717) is 0 Å². The molecule has 0 rings (SSSR count). The van der Waals surface area contributed by atoms with Crippen molar-refractivity contribution in [1.29, 1.82) is 0 Å². The maximum Gasteiger partial charge on any atom is 0.0965 e. The van der Waals surface area contributed by atoms with Crippen LogP contribution in [0.5, 0.6) is 0 Å². The van der Waals surface area contributed by atoms with Crippen LogP contribution in [0.1, 0.15) is 20.8 Å². The Labute approximate surface area is 111 Å². The van der Waals surface area contributed by atoms with Gasteiger partial charge in [0.05, 0.1) is 8.07 Å². The molecule has 0 saturated heterocycles. The van der Waals surface area contributed by atoms with E-state index in [1.165, 1.54) is 23.7 Å². The average molecular weight is 333 g/mol. The molecule has 4 heteroatoms. The van der Waals surface area contributed by atoms with Crippen molar-refractivity contribution in [3.8, 4) is 0 Å². The van der Waals surface area contributed by atoms with Crippen molar-refractivity contribution in [2.45, 2.75) is 38.9 Å². The van der Waals surface area contributed by atoms with E-state index in [1.807, 2.05) is 0 Å². The second kappa shape index (κ2) is 11.2. The molecule has 73 valence electrons. The van der Waals surface area contributed by atoms with Crippen LogP contribution < -0.4 is 17.0 Å². The predicted molar refractivity (Wildman–Crippen MR) is 54.4 cm³/mol. The Morgan fingerprint density at radius 1 is 1.15 bits per heavy atom. The zero-order valence-electron chi connectivity index (χ0n) is 8.66. The van der Waals surface area contributed by atoms with Gasteiger partial charge in [0.1, 0.15) is 0 Å². The first-order valence-corrected chi connectivity index (χ1v) is 7.25. The molecule has 0 unspecified atom stereocenters. The van der Waals surface area contributed by atoms with Gasteiger partial charge in [-0.15, -0.1) is 5.73 Å². The zero-order valence-corrected chi connectivity index (χ0v) is 15.0. The molecule has 13 heavy (non-hydrogen) atoms. The third kappa shape index (κ3) is 7.11. The SMILES string of the molecule is CC[Si]([C]=C=CCl)(CC)CC.[Br-].[Zn]. The third-order valence-corrected chi connectivity index (χ3v) is 7.27. The van der Waals surface area contributed by atoms with Crippen LogP contribution in [0.2, 0.25) is 18.1 Å². The Morgan fingerprint density at radius 2 is 1.54 bits per heavy atom. The number of halogens is 2. The molecule has 0 bridgehead atoms. The Balaban J connectivity index is -0.000000500. The fourth-order valence-electron chi connectivity index (χ4n) is 1.20. The molecule has 0 aromatic rings. The molecule has 0 atom stereocenters. The Hall–Kier alpha value is 1.13. The molecule has 0 aromatic heterocycles. The summed E-state index contributed by atoms with van der Waals surface area (Å²) in [5, 5.41) is 0. The standard InChI is InChI=1S/C9H16ClSi.BrH.Zn/c1-4-11(5-2,6-3)9-7-8-10;;/h8H,4-6H2,1-3H3;1H;/p-1. The van der Waals surface area contributed by atoms with Crippen molar-refractivity contribution < 1.29 is 36.5 Å². The summed E-state index contributed by atoms with van der Waals surface area (Å²) in [5.74, 6) is 0. The van der Waals surface area contributed by atoms with E-state index >= 15 is 0 Å². The van der Waals surface area contributed by atoms with E-state index in [1.54, 1.807) is 0 Å². The van der Waals surface area contributed by atoms with Crippen LogP contribution in [0, 0.1) is 5.70 Å². The second-order valence-corrected chi connectivity index (χ2v) is 7.87. The molecule has 0 spiro atoms. The monoisotopic (exact) mass is 330 g/mol. The Morgan fingerprint density at radius 3 is 1.77 bits per heavy atom. The molecular formula is C9H16BrClSiZn-. The summed E-state index contributed by atoms with van der Waals surface area (Å²) < 4.78 is 0. The Kier molecular flexibility index (Phi) is 17.0. The third-order valence-electron chi connectivity index (χ3n) is 2.42. The topological polar surface area (TPSA) is 0 Å². The van der Waals surface area contributed by atoms with Gasteiger partial charge in [0.25, 0.3) is 0 Å². The molecule has 0 N–H and O–H groups in total. The van der Waals surface area contributed by atoms with Crippen molar-refractivity contribution in [3.05, 3.63) is 17.0 Å². The van der Waals surface area contributed by atoms with Gasteiger partial charge in [0, 0.05) is 25.0 Å². The first-order chi connectivity index (χ1) is 5.24. The van der Waals surface area contributed by atoms with E-state index in [2.05, 4.69) is 32.2 Å². The van der Waals surface area contributed by atoms with Gasteiger partial charge >= 0.3 is 0 Å². The summed E-state index contributed by atoms with van der Waals surface area (Å²) >= 11 is 5.40. The minimum atomic E-state index is -1.22. The van der Waals surface area contributed by atoms with Crippen molar-refractivity contribution in [1.82, 2.24) is 0 Å². The van der Waals surface area contributed by atoms with Gasteiger partial charge in [-0.1, -0.05) is 50.5 Å². The van der Waals surface area contributed by atoms with Gasteiger partial charge in [-0.2, -0.15) is 0 Å². The van der Waals surface area contributed by atoms with Gasteiger partial charge in [0.2, 0.25) is 0 Å². The fraction of sp³-hybridized carbons (Fsp3) is 0.667. The molecule has 0 fully saturated rings. The quantitative estimate of drug-likeness (QED) is 0.526. The van der Waals surface area contributed by atoms with E-state index in [4.69, 9.17) is 11.6 Å². The van der Waals surface area contributed by atoms with E-state index in [0.717, 1.165) is 0 Å². The summed E-state index contributed by atoms with van der Waals surface area (Å²) in [6.07, 6.45) is 0. The average Bonchev–Trinajstić information content (AvgIpc) is 2.08. The van der Waals surface area contributed by atoms with Crippen molar-refractivity contribution in [3.63, 3.8) is 0 Å². The number of hydrogen-bond acceptors (Lipinski definition) is 0. The summed E-state index contributed by atoms with van der Waals surface area (Å²) in [6, 6.07) is 3.74. The molecule has 0 aliphatic heterocycles. The van der Waals surface area contributed by atoms with Crippen LogP contribution in [-0.2, 0) is 19.5 Å². The van der Waals surface area contributed by atoms with Gasteiger partial charge in [0.15, 0.2) is 0 Å². The molecule has 0 saturated carbocycles. The fourth-order valence-corrected chi connectivity index (χ4v) is 3.75. The van der Waals surface area contributed by atoms with E-state index in [9.17, 15) is 0 Å². The predicted octanol–water partition coefficient (Wildman–Crippen LogP) is 0.746. The van der Waals surface area contributed by atoms with Crippen molar-refractivity contribution >= 4 is 19.7 Å². The first-order valence-electron chi connectivity index (χ1n) is 4.19. The second-order valence-electron chi connectivity index (χ2n) is 2.72. The largest absolute Gasteiger partial charge is 1.00 e. The molecular weight excluding hydrogens is 317 g/mol. The molecule has 1 radical (unpaired) electrons. The molecule has 0 nitrogen and oxygen atoms in total. The zero-order chi connectivity index (χ0) is 8.74. The molecule has 0 aromatic carbocycles. The maximum absolute atomic E-state index is 5.40. The summed E-state index contributed by atoms with van der Waals surface area (Å²) in [5.41, 5.74) is 7.66. The van der Waals surface area contributed by atoms with Gasteiger partial charge in [-0.05, 0) is 5.70 Å². The van der Waals surface area contributed by atoms with Crippen LogP contribution in [0.15, 0.2) is 11.3 Å². The molecule has 0 heterocycles. The normalized spacial score (nSPS) is 8.92. The van der Waals surface area contributed by atoms with Crippen LogP contribution in [0.4, 0.5) is 0 Å². The number of rotatable bonds is 4. The summed E-state index contributed by atoms with van der Waals surface area (Å²) in [7, 11) is -1.22. The van der Waals surface area contributed by atoms with Crippen LogP contribution in [0.25, 0.3) is 0 Å². The van der Waals surface area contributed by atoms with Gasteiger partial charge in [-0.3, -0.25) is 0 Å². The minimum Gasteiger partial charge on any atom is -1.00 e. The minimum absolute atomic E-state index is 0. The molecule has 0 aliphatic rings. The summed E-state index contributed by atoms with van der Waals surface area (Å²) in [6.45, 7) is 6.71. The van der Waals surface area contributed by atoms with Gasteiger partial charge in [-0.25, -0.2) is 0 Å². The molecule has 0 amide bonds. The summed E-state index contributed by atoms with van der Waals surface area (Å²) in [4.78, 5) is 0. The van der Waals surface area contributed by atoms with E-state index in [-0.39, 0.29) is 36.5 Å². The Bertz CT molecular complexity index is 155. The smallest absolute Gasteiger partial charge is 0.0965 e. The van der Waals surface area contributed by atoms with Crippen molar-refractivity contribution in [2.75, 3.05) is 0 Å². The van der Waals surface area contributed by atoms with Crippen LogP contribution in [0.3, 0.4) is 0 Å². The maximum atomic E-state index is 5.40. The van der Waals surface area contributed by atoms with Crippen LogP contribution in [-0.4, -0.2) is 8.07 Å². The van der Waals surface area contributed by atoms with Crippen molar-refractivity contribution in [2.24, 2.45) is 0 Å². The van der Waals surface area contributed by atoms with Crippen LogP contribution >= 0.6 is 11.6 Å².